The van der Waals surface area contributed by atoms with Crippen molar-refractivity contribution in [2.45, 2.75) is 50.9 Å². The molecule has 10 nitrogen and oxygen atoms in total. The molecular formula is C25H24F5N7O3. The van der Waals surface area contributed by atoms with E-state index in [9.17, 15) is 27.1 Å². The third-order valence-electron chi connectivity index (χ3n) is 6.09. The van der Waals surface area contributed by atoms with Gasteiger partial charge >= 0.3 is 12.1 Å². The zero-order valence-electron chi connectivity index (χ0n) is 21.2. The molecule has 0 radical (unpaired) electrons. The molecule has 0 fully saturated rings. The number of carbonyl (C=O) groups is 1. The van der Waals surface area contributed by atoms with Gasteiger partial charge in [0.1, 0.15) is 29.5 Å². The Morgan fingerprint density at radius 3 is 2.38 bits per heavy atom. The summed E-state index contributed by atoms with van der Waals surface area (Å²) in [4.78, 5) is 17.6. The number of alkyl halides is 3. The number of carboxylic acid groups (broad SMARTS) is 1. The zero-order valence-corrected chi connectivity index (χ0v) is 21.2. The van der Waals surface area contributed by atoms with Crippen LogP contribution >= 0.6 is 0 Å². The SMILES string of the molecule is Cc1ncn(-c2ccc(Nc3nc4n(n3)CC[C@](C)(O)C[C@@H]4c3ccc(F)cc3)cc2F)n1.O=C(O)C(F)(F)F. The molecule has 0 aliphatic carbocycles. The quantitative estimate of drug-likeness (QED) is 0.309. The van der Waals surface area contributed by atoms with Gasteiger partial charge in [0.05, 0.1) is 5.60 Å². The smallest absolute Gasteiger partial charge is 0.475 e. The van der Waals surface area contributed by atoms with E-state index in [1.165, 1.54) is 29.2 Å². The topological polar surface area (TPSA) is 131 Å². The van der Waals surface area contributed by atoms with Crippen molar-refractivity contribution in [2.24, 2.45) is 0 Å². The molecule has 40 heavy (non-hydrogen) atoms. The van der Waals surface area contributed by atoms with E-state index < -0.39 is 23.6 Å². The van der Waals surface area contributed by atoms with Crippen molar-refractivity contribution in [3.63, 3.8) is 0 Å². The van der Waals surface area contributed by atoms with Gasteiger partial charge in [0.25, 0.3) is 0 Å². The van der Waals surface area contributed by atoms with Gasteiger partial charge in [-0.2, -0.15) is 23.3 Å². The minimum Gasteiger partial charge on any atom is -0.475 e. The molecule has 0 saturated heterocycles. The highest BCUT2D eigenvalue weighted by molar-refractivity contribution is 5.73. The van der Waals surface area contributed by atoms with Crippen molar-refractivity contribution in [2.75, 3.05) is 5.32 Å². The lowest BCUT2D eigenvalue weighted by molar-refractivity contribution is -0.192. The van der Waals surface area contributed by atoms with E-state index in [4.69, 9.17) is 9.90 Å². The first-order chi connectivity index (χ1) is 18.7. The normalized spacial score (nSPS) is 18.8. The van der Waals surface area contributed by atoms with Crippen LogP contribution in [0, 0.1) is 18.6 Å². The molecule has 212 valence electrons. The summed E-state index contributed by atoms with van der Waals surface area (Å²) in [5, 5.41) is 29.6. The molecular weight excluding hydrogens is 541 g/mol. The average molecular weight is 566 g/mol. The summed E-state index contributed by atoms with van der Waals surface area (Å²) in [5.41, 5.74) is 0.707. The van der Waals surface area contributed by atoms with Crippen LogP contribution in [0.2, 0.25) is 0 Å². The Morgan fingerprint density at radius 1 is 1.12 bits per heavy atom. The summed E-state index contributed by atoms with van der Waals surface area (Å²) >= 11 is 0. The van der Waals surface area contributed by atoms with Crippen molar-refractivity contribution in [3.8, 4) is 5.69 Å². The Kier molecular flexibility index (Phi) is 7.86. The number of carboxylic acids is 1. The monoisotopic (exact) mass is 565 g/mol. The molecule has 15 heteroatoms. The van der Waals surface area contributed by atoms with E-state index in [0.29, 0.717) is 42.7 Å². The Balaban J connectivity index is 0.000000470. The lowest BCUT2D eigenvalue weighted by Gasteiger charge is -2.24. The molecule has 3 heterocycles. The molecule has 3 N–H and O–H groups in total. The summed E-state index contributed by atoms with van der Waals surface area (Å²) in [5.74, 6) is -2.27. The number of aliphatic hydroxyl groups is 1. The highest BCUT2D eigenvalue weighted by atomic mass is 19.4. The zero-order chi connectivity index (χ0) is 29.2. The van der Waals surface area contributed by atoms with Crippen molar-refractivity contribution >= 4 is 17.6 Å². The Bertz CT molecular complexity index is 1500. The number of fused-ring (bicyclic) bond motifs is 1. The highest BCUT2D eigenvalue weighted by Crippen LogP contribution is 2.37. The Morgan fingerprint density at radius 2 is 1.80 bits per heavy atom. The van der Waals surface area contributed by atoms with Gasteiger partial charge in [-0.1, -0.05) is 12.1 Å². The van der Waals surface area contributed by atoms with Crippen LogP contribution in [0.3, 0.4) is 0 Å². The molecule has 0 spiro atoms. The van der Waals surface area contributed by atoms with Crippen LogP contribution in [0.25, 0.3) is 5.69 Å². The third-order valence-corrected chi connectivity index (χ3v) is 6.09. The van der Waals surface area contributed by atoms with Crippen molar-refractivity contribution in [1.29, 1.82) is 0 Å². The lowest BCUT2D eigenvalue weighted by Crippen LogP contribution is -2.26. The second-order valence-corrected chi connectivity index (χ2v) is 9.40. The van der Waals surface area contributed by atoms with Gasteiger partial charge < -0.3 is 15.5 Å². The summed E-state index contributed by atoms with van der Waals surface area (Å²) in [6, 6.07) is 10.9. The van der Waals surface area contributed by atoms with Gasteiger partial charge in [-0.05, 0) is 62.6 Å². The van der Waals surface area contributed by atoms with E-state index in [1.807, 2.05) is 0 Å². The van der Waals surface area contributed by atoms with E-state index in [2.05, 4.69) is 25.5 Å². The van der Waals surface area contributed by atoms with Crippen molar-refractivity contribution < 1.29 is 37.0 Å². The number of aryl methyl sites for hydroxylation is 2. The summed E-state index contributed by atoms with van der Waals surface area (Å²) in [7, 11) is 0. The van der Waals surface area contributed by atoms with Crippen LogP contribution in [-0.2, 0) is 11.3 Å². The predicted molar refractivity (Wildman–Crippen MR) is 131 cm³/mol. The molecule has 2 atom stereocenters. The number of halogens is 5. The largest absolute Gasteiger partial charge is 0.490 e. The molecule has 2 aromatic heterocycles. The molecule has 1 aliphatic rings. The molecule has 0 saturated carbocycles. The van der Waals surface area contributed by atoms with Gasteiger partial charge in [-0.15, -0.1) is 5.10 Å². The maximum absolute atomic E-state index is 14.7. The van der Waals surface area contributed by atoms with E-state index in [-0.39, 0.29) is 17.4 Å². The van der Waals surface area contributed by atoms with Crippen LogP contribution in [0.4, 0.5) is 33.6 Å². The number of hydrogen-bond donors (Lipinski definition) is 3. The number of aliphatic carboxylic acids is 1. The predicted octanol–water partition coefficient (Wildman–Crippen LogP) is 4.50. The van der Waals surface area contributed by atoms with Gasteiger partial charge in [-0.3, -0.25) is 0 Å². The fourth-order valence-corrected chi connectivity index (χ4v) is 4.13. The van der Waals surface area contributed by atoms with Gasteiger partial charge in [0, 0.05) is 18.2 Å². The number of aromatic nitrogens is 6. The van der Waals surface area contributed by atoms with Gasteiger partial charge in [0.2, 0.25) is 5.95 Å². The fraction of sp³-hybridized carbons (Fsp3) is 0.320. The number of nitrogens with zero attached hydrogens (tertiary/aromatic N) is 6. The van der Waals surface area contributed by atoms with E-state index >= 15 is 0 Å². The molecule has 5 rings (SSSR count). The molecule has 1 aliphatic heterocycles. The van der Waals surface area contributed by atoms with E-state index in [1.54, 1.807) is 42.8 Å². The van der Waals surface area contributed by atoms with Crippen molar-refractivity contribution in [1.82, 2.24) is 29.5 Å². The third kappa shape index (κ3) is 6.77. The molecule has 2 aromatic carbocycles. The van der Waals surface area contributed by atoms with Crippen LogP contribution in [0.15, 0.2) is 48.8 Å². The van der Waals surface area contributed by atoms with Gasteiger partial charge in [-0.25, -0.2) is 27.9 Å². The number of nitrogens with one attached hydrogen (secondary N) is 1. The second-order valence-electron chi connectivity index (χ2n) is 9.40. The average Bonchev–Trinajstić information content (AvgIpc) is 3.45. The van der Waals surface area contributed by atoms with Crippen LogP contribution < -0.4 is 5.32 Å². The maximum atomic E-state index is 14.7. The standard InChI is InChI=1S/C23H23F2N7O.C2HF3O2/c1-14-26-13-32(29-14)20-8-7-17(11-19(20)25)27-22-28-21-18(15-3-5-16(24)6-4-15)12-23(2,33)9-10-31(21)30-22;3-2(4,5)1(6)7/h3-8,11,13,18,33H,9-10,12H2,1-2H3,(H,27,30);(H,6,7)/t18-,23+;/m1./s1. The van der Waals surface area contributed by atoms with E-state index in [0.717, 1.165) is 5.56 Å². The Hall–Kier alpha value is -4.40. The second kappa shape index (κ2) is 11.0. The summed E-state index contributed by atoms with van der Waals surface area (Å²) in [6.07, 6.45) is -2.70. The van der Waals surface area contributed by atoms with Crippen molar-refractivity contribution in [3.05, 3.63) is 77.6 Å². The fourth-order valence-electron chi connectivity index (χ4n) is 4.13. The van der Waals surface area contributed by atoms with Crippen LogP contribution in [0.5, 0.6) is 0 Å². The molecule has 0 bridgehead atoms. The molecule has 0 unspecified atom stereocenters. The summed E-state index contributed by atoms with van der Waals surface area (Å²) in [6.45, 7) is 4.00. The lowest BCUT2D eigenvalue weighted by atomic mass is 9.86. The maximum Gasteiger partial charge on any atom is 0.490 e. The number of rotatable bonds is 4. The number of anilines is 2. The van der Waals surface area contributed by atoms with Gasteiger partial charge in [0.15, 0.2) is 5.82 Å². The first kappa shape index (κ1) is 28.6. The molecule has 4 aromatic rings. The number of benzene rings is 2. The Labute approximate surface area is 224 Å². The highest BCUT2D eigenvalue weighted by Gasteiger charge is 2.38. The number of hydrogen-bond acceptors (Lipinski definition) is 7. The van der Waals surface area contributed by atoms with Crippen LogP contribution in [-0.4, -0.2) is 57.5 Å². The minimum absolute atomic E-state index is 0.263. The van der Waals surface area contributed by atoms with Crippen LogP contribution in [0.1, 0.15) is 42.9 Å². The molecule has 0 amide bonds. The first-order valence-electron chi connectivity index (χ1n) is 11.9. The summed E-state index contributed by atoms with van der Waals surface area (Å²) < 4.78 is 63.0. The first-order valence-corrected chi connectivity index (χ1v) is 11.9. The minimum atomic E-state index is -5.08.